The topological polar surface area (TPSA) is 41.6 Å². The third kappa shape index (κ3) is 3.80. The SMILES string of the molecule is COC(=O)C1(C)CCCCN1NCCc1cccc(F)c1. The van der Waals surface area contributed by atoms with Crippen molar-refractivity contribution >= 4 is 5.97 Å². The third-order valence-electron chi connectivity index (χ3n) is 4.12. The Bertz CT molecular complexity index is 495. The summed E-state index contributed by atoms with van der Waals surface area (Å²) in [7, 11) is 1.42. The summed E-state index contributed by atoms with van der Waals surface area (Å²) in [6.45, 7) is 3.39. The van der Waals surface area contributed by atoms with E-state index in [0.29, 0.717) is 13.0 Å². The molecule has 1 aliphatic rings. The van der Waals surface area contributed by atoms with Gasteiger partial charge in [0.05, 0.1) is 7.11 Å². The zero-order chi connectivity index (χ0) is 15.3. The van der Waals surface area contributed by atoms with Crippen molar-refractivity contribution in [3.63, 3.8) is 0 Å². The lowest BCUT2D eigenvalue weighted by Gasteiger charge is -2.42. The van der Waals surface area contributed by atoms with E-state index >= 15 is 0 Å². The van der Waals surface area contributed by atoms with Gasteiger partial charge in [-0.05, 0) is 50.3 Å². The summed E-state index contributed by atoms with van der Waals surface area (Å²) in [6, 6.07) is 6.60. The lowest BCUT2D eigenvalue weighted by molar-refractivity contribution is -0.159. The van der Waals surface area contributed by atoms with Crippen molar-refractivity contribution in [1.82, 2.24) is 10.4 Å². The Kier molecular flexibility index (Phi) is 5.31. The van der Waals surface area contributed by atoms with Gasteiger partial charge in [0, 0.05) is 13.1 Å². The van der Waals surface area contributed by atoms with Crippen molar-refractivity contribution in [2.24, 2.45) is 0 Å². The highest BCUT2D eigenvalue weighted by molar-refractivity contribution is 5.80. The van der Waals surface area contributed by atoms with Crippen LogP contribution in [0.5, 0.6) is 0 Å². The van der Waals surface area contributed by atoms with Gasteiger partial charge in [-0.15, -0.1) is 0 Å². The number of methoxy groups -OCH3 is 1. The maximum absolute atomic E-state index is 13.1. The number of nitrogens with zero attached hydrogens (tertiary/aromatic N) is 1. The number of piperidine rings is 1. The fourth-order valence-electron chi connectivity index (χ4n) is 2.83. The smallest absolute Gasteiger partial charge is 0.327 e. The second-order valence-electron chi connectivity index (χ2n) is 5.66. The number of carbonyl (C=O) groups is 1. The normalized spacial score (nSPS) is 23.0. The van der Waals surface area contributed by atoms with Crippen LogP contribution in [0.2, 0.25) is 0 Å². The zero-order valence-electron chi connectivity index (χ0n) is 12.7. The summed E-state index contributed by atoms with van der Waals surface area (Å²) < 4.78 is 18.1. The van der Waals surface area contributed by atoms with Gasteiger partial charge in [-0.25, -0.2) is 9.40 Å². The highest BCUT2D eigenvalue weighted by atomic mass is 19.1. The fraction of sp³-hybridized carbons (Fsp3) is 0.562. The summed E-state index contributed by atoms with van der Waals surface area (Å²) in [5.41, 5.74) is 3.63. The average molecular weight is 294 g/mol. The van der Waals surface area contributed by atoms with E-state index in [0.717, 1.165) is 31.4 Å². The molecule has 4 nitrogen and oxygen atoms in total. The standard InChI is InChI=1S/C16H23FN2O2/c1-16(15(20)21-2)9-3-4-11-19(16)18-10-8-13-6-5-7-14(17)12-13/h5-7,12,18H,3-4,8-11H2,1-2H3. The van der Waals surface area contributed by atoms with E-state index in [4.69, 9.17) is 4.74 Å². The number of hydrazine groups is 1. The molecule has 0 spiro atoms. The Morgan fingerprint density at radius 3 is 3.00 bits per heavy atom. The number of hydrogen-bond acceptors (Lipinski definition) is 4. The largest absolute Gasteiger partial charge is 0.468 e. The lowest BCUT2D eigenvalue weighted by atomic mass is 9.90. The second-order valence-corrected chi connectivity index (χ2v) is 5.66. The lowest BCUT2D eigenvalue weighted by Crippen LogP contribution is -2.61. The maximum atomic E-state index is 13.1. The summed E-state index contributed by atoms with van der Waals surface area (Å²) in [6.07, 6.45) is 3.57. The van der Waals surface area contributed by atoms with E-state index in [1.54, 1.807) is 6.07 Å². The van der Waals surface area contributed by atoms with Crippen LogP contribution >= 0.6 is 0 Å². The van der Waals surface area contributed by atoms with Crippen LogP contribution in [-0.2, 0) is 16.0 Å². The first kappa shape index (κ1) is 15.9. The quantitative estimate of drug-likeness (QED) is 0.846. The molecule has 1 heterocycles. The minimum atomic E-state index is -0.616. The first-order valence-electron chi connectivity index (χ1n) is 7.40. The Morgan fingerprint density at radius 1 is 1.48 bits per heavy atom. The number of nitrogens with one attached hydrogen (secondary N) is 1. The average Bonchev–Trinajstić information content (AvgIpc) is 2.48. The summed E-state index contributed by atoms with van der Waals surface area (Å²) in [4.78, 5) is 12.0. The number of rotatable bonds is 5. The summed E-state index contributed by atoms with van der Waals surface area (Å²) in [5, 5.41) is 1.97. The molecule has 1 N–H and O–H groups in total. The Balaban J connectivity index is 1.92. The molecule has 0 bridgehead atoms. The van der Waals surface area contributed by atoms with Crippen molar-refractivity contribution in [2.75, 3.05) is 20.2 Å². The molecule has 116 valence electrons. The molecular weight excluding hydrogens is 271 g/mol. The predicted molar refractivity (Wildman–Crippen MR) is 79.1 cm³/mol. The highest BCUT2D eigenvalue weighted by Crippen LogP contribution is 2.27. The minimum Gasteiger partial charge on any atom is -0.468 e. The highest BCUT2D eigenvalue weighted by Gasteiger charge is 2.42. The maximum Gasteiger partial charge on any atom is 0.327 e. The van der Waals surface area contributed by atoms with Crippen LogP contribution in [-0.4, -0.2) is 36.7 Å². The van der Waals surface area contributed by atoms with E-state index in [9.17, 15) is 9.18 Å². The molecular formula is C16H23FN2O2. The molecule has 21 heavy (non-hydrogen) atoms. The van der Waals surface area contributed by atoms with Crippen molar-refractivity contribution in [1.29, 1.82) is 0 Å². The van der Waals surface area contributed by atoms with Gasteiger partial charge in [0.25, 0.3) is 0 Å². The van der Waals surface area contributed by atoms with Gasteiger partial charge in [0.1, 0.15) is 11.4 Å². The van der Waals surface area contributed by atoms with E-state index in [-0.39, 0.29) is 11.8 Å². The minimum absolute atomic E-state index is 0.208. The van der Waals surface area contributed by atoms with E-state index < -0.39 is 5.54 Å². The molecule has 1 aromatic carbocycles. The van der Waals surface area contributed by atoms with Gasteiger partial charge in [-0.3, -0.25) is 10.2 Å². The number of halogens is 1. The van der Waals surface area contributed by atoms with Crippen molar-refractivity contribution in [3.8, 4) is 0 Å². The molecule has 1 aliphatic heterocycles. The Labute approximate surface area is 125 Å². The molecule has 0 aromatic heterocycles. The summed E-state index contributed by atoms with van der Waals surface area (Å²) in [5.74, 6) is -0.426. The molecule has 1 atom stereocenters. The monoisotopic (exact) mass is 294 g/mol. The summed E-state index contributed by atoms with van der Waals surface area (Å²) >= 11 is 0. The Morgan fingerprint density at radius 2 is 2.29 bits per heavy atom. The number of carbonyl (C=O) groups excluding carboxylic acids is 1. The fourth-order valence-corrected chi connectivity index (χ4v) is 2.83. The van der Waals surface area contributed by atoms with Crippen LogP contribution in [0.3, 0.4) is 0 Å². The zero-order valence-corrected chi connectivity index (χ0v) is 12.7. The van der Waals surface area contributed by atoms with Gasteiger partial charge in [0.15, 0.2) is 0 Å². The van der Waals surface area contributed by atoms with Crippen molar-refractivity contribution < 1.29 is 13.9 Å². The molecule has 0 radical (unpaired) electrons. The number of hydrogen-bond donors (Lipinski definition) is 1. The molecule has 5 heteroatoms. The molecule has 1 saturated heterocycles. The van der Waals surface area contributed by atoms with E-state index in [2.05, 4.69) is 5.43 Å². The molecule has 0 amide bonds. The van der Waals surface area contributed by atoms with Crippen molar-refractivity contribution in [2.45, 2.75) is 38.1 Å². The van der Waals surface area contributed by atoms with Crippen LogP contribution in [0.15, 0.2) is 24.3 Å². The number of esters is 1. The molecule has 0 aliphatic carbocycles. The van der Waals surface area contributed by atoms with Gasteiger partial charge >= 0.3 is 5.97 Å². The second kappa shape index (κ2) is 7.00. The first-order valence-corrected chi connectivity index (χ1v) is 7.40. The molecule has 1 unspecified atom stereocenters. The van der Waals surface area contributed by atoms with Crippen LogP contribution in [0.25, 0.3) is 0 Å². The molecule has 1 fully saturated rings. The van der Waals surface area contributed by atoms with E-state index in [1.807, 2.05) is 18.0 Å². The molecule has 2 rings (SSSR count). The van der Waals surface area contributed by atoms with Crippen LogP contribution in [0.1, 0.15) is 31.7 Å². The van der Waals surface area contributed by atoms with Gasteiger partial charge < -0.3 is 4.74 Å². The van der Waals surface area contributed by atoms with Crippen LogP contribution in [0.4, 0.5) is 4.39 Å². The van der Waals surface area contributed by atoms with E-state index in [1.165, 1.54) is 19.2 Å². The predicted octanol–water partition coefficient (Wildman–Crippen LogP) is 2.29. The molecule has 0 saturated carbocycles. The van der Waals surface area contributed by atoms with Gasteiger partial charge in [-0.1, -0.05) is 12.1 Å². The van der Waals surface area contributed by atoms with Crippen LogP contribution in [0, 0.1) is 5.82 Å². The first-order chi connectivity index (χ1) is 10.1. The van der Waals surface area contributed by atoms with Gasteiger partial charge in [0.2, 0.25) is 0 Å². The molecule has 1 aromatic rings. The van der Waals surface area contributed by atoms with Gasteiger partial charge in [-0.2, -0.15) is 0 Å². The number of ether oxygens (including phenoxy) is 1. The third-order valence-corrected chi connectivity index (χ3v) is 4.12. The Hall–Kier alpha value is -1.46. The van der Waals surface area contributed by atoms with Crippen LogP contribution < -0.4 is 5.43 Å². The van der Waals surface area contributed by atoms with Crippen molar-refractivity contribution in [3.05, 3.63) is 35.6 Å². The number of benzene rings is 1.